The molecule has 0 radical (unpaired) electrons. The van der Waals surface area contributed by atoms with Gasteiger partial charge in [0.1, 0.15) is 0 Å². The third-order valence-electron chi connectivity index (χ3n) is 4.92. The first-order valence-corrected chi connectivity index (χ1v) is 10.6. The highest BCUT2D eigenvalue weighted by Gasteiger charge is 2.14. The predicted octanol–water partition coefficient (Wildman–Crippen LogP) is 3.17. The van der Waals surface area contributed by atoms with E-state index in [0.29, 0.717) is 34.3 Å². The second-order valence-electron chi connectivity index (χ2n) is 7.37. The van der Waals surface area contributed by atoms with Gasteiger partial charge in [0.25, 0.3) is 11.8 Å². The number of hydrogen-bond acceptors (Lipinski definition) is 7. The zero-order chi connectivity index (χ0) is 24.8. The summed E-state index contributed by atoms with van der Waals surface area (Å²) in [5, 5.41) is 13.9. The number of aromatic nitrogens is 4. The van der Waals surface area contributed by atoms with Gasteiger partial charge in [-0.25, -0.2) is 4.68 Å². The minimum Gasteiger partial charge on any atom is -0.493 e. The molecule has 2 amide bonds. The van der Waals surface area contributed by atoms with Crippen LogP contribution >= 0.6 is 0 Å². The Bertz CT molecular complexity index is 1320. The van der Waals surface area contributed by atoms with Crippen molar-refractivity contribution >= 4 is 23.2 Å². The van der Waals surface area contributed by atoms with Gasteiger partial charge < -0.3 is 24.8 Å². The second-order valence-corrected chi connectivity index (χ2v) is 7.37. The van der Waals surface area contributed by atoms with Gasteiger partial charge in [-0.2, -0.15) is 10.2 Å². The lowest BCUT2D eigenvalue weighted by Crippen LogP contribution is -2.15. The molecule has 35 heavy (non-hydrogen) atoms. The minimum absolute atomic E-state index is 0.0407. The Kier molecular flexibility index (Phi) is 6.96. The Morgan fingerprint density at radius 2 is 1.40 bits per heavy atom. The van der Waals surface area contributed by atoms with Crippen LogP contribution < -0.4 is 24.8 Å². The monoisotopic (exact) mass is 476 g/mol. The van der Waals surface area contributed by atoms with E-state index in [4.69, 9.17) is 14.2 Å². The van der Waals surface area contributed by atoms with Crippen molar-refractivity contribution < 1.29 is 23.8 Å². The Morgan fingerprint density at radius 1 is 0.829 bits per heavy atom. The molecule has 2 N–H and O–H groups in total. The number of carbonyl (C=O) groups is 2. The van der Waals surface area contributed by atoms with Crippen molar-refractivity contribution in [2.75, 3.05) is 24.9 Å². The van der Waals surface area contributed by atoms with Gasteiger partial charge in [-0.3, -0.25) is 14.3 Å². The maximum atomic E-state index is 12.7. The van der Waals surface area contributed by atoms with E-state index in [1.165, 1.54) is 18.9 Å². The standard InChI is InChI=1S/C24H24N6O5/c1-29-12-10-18(27-29)23(31)25-16-6-4-7-17(14-16)26-24(32)19-11-13-30(28-19)15-35-22-20(33-2)8-5-9-21(22)34-3/h4-14H,15H2,1-3H3,(H,25,31)(H,26,32). The lowest BCUT2D eigenvalue weighted by Gasteiger charge is -2.13. The first-order chi connectivity index (χ1) is 17.0. The number of anilines is 2. The lowest BCUT2D eigenvalue weighted by atomic mass is 10.2. The van der Waals surface area contributed by atoms with Crippen molar-refractivity contribution in [2.24, 2.45) is 7.05 Å². The molecule has 0 aliphatic rings. The topological polar surface area (TPSA) is 122 Å². The maximum Gasteiger partial charge on any atom is 0.276 e. The molecule has 0 fully saturated rings. The van der Waals surface area contributed by atoms with E-state index in [1.54, 1.807) is 78.7 Å². The molecule has 0 saturated heterocycles. The average molecular weight is 476 g/mol. The summed E-state index contributed by atoms with van der Waals surface area (Å²) < 4.78 is 19.5. The average Bonchev–Trinajstić information content (AvgIpc) is 3.52. The van der Waals surface area contributed by atoms with Gasteiger partial charge in [0, 0.05) is 30.8 Å². The van der Waals surface area contributed by atoms with Gasteiger partial charge in [0.2, 0.25) is 5.75 Å². The molecule has 180 valence electrons. The van der Waals surface area contributed by atoms with Gasteiger partial charge >= 0.3 is 0 Å². The maximum absolute atomic E-state index is 12.7. The fraction of sp³-hybridized carbons (Fsp3) is 0.167. The van der Waals surface area contributed by atoms with Crippen LogP contribution in [-0.4, -0.2) is 45.6 Å². The molecule has 4 rings (SSSR count). The van der Waals surface area contributed by atoms with Crippen molar-refractivity contribution in [2.45, 2.75) is 6.73 Å². The van der Waals surface area contributed by atoms with Crippen LogP contribution in [0.2, 0.25) is 0 Å². The number of ether oxygens (including phenoxy) is 3. The van der Waals surface area contributed by atoms with Crippen LogP contribution in [0.15, 0.2) is 67.0 Å². The van der Waals surface area contributed by atoms with Crippen LogP contribution in [0.4, 0.5) is 11.4 Å². The summed E-state index contributed by atoms with van der Waals surface area (Å²) in [5.41, 5.74) is 1.51. The molecule has 0 bridgehead atoms. The van der Waals surface area contributed by atoms with Crippen molar-refractivity contribution in [3.63, 3.8) is 0 Å². The van der Waals surface area contributed by atoms with E-state index in [1.807, 2.05) is 0 Å². The van der Waals surface area contributed by atoms with Crippen molar-refractivity contribution in [1.82, 2.24) is 19.6 Å². The van der Waals surface area contributed by atoms with Crippen LogP contribution in [0.5, 0.6) is 17.2 Å². The van der Waals surface area contributed by atoms with E-state index in [2.05, 4.69) is 20.8 Å². The predicted molar refractivity (Wildman–Crippen MR) is 128 cm³/mol. The Labute approximate surface area is 201 Å². The molecule has 0 spiro atoms. The lowest BCUT2D eigenvalue weighted by molar-refractivity contribution is 0.101. The molecule has 2 aromatic heterocycles. The van der Waals surface area contributed by atoms with E-state index in [0.717, 1.165) is 0 Å². The SMILES string of the molecule is COc1cccc(OC)c1OCn1ccc(C(=O)Nc2cccc(NC(=O)c3ccn(C)n3)c2)n1. The molecule has 0 atom stereocenters. The number of rotatable bonds is 9. The van der Waals surface area contributed by atoms with E-state index in [-0.39, 0.29) is 18.3 Å². The van der Waals surface area contributed by atoms with Crippen LogP contribution in [-0.2, 0) is 13.8 Å². The number of methoxy groups -OCH3 is 2. The first kappa shape index (κ1) is 23.4. The summed E-state index contributed by atoms with van der Waals surface area (Å²) in [6.45, 7) is 0.0407. The zero-order valence-electron chi connectivity index (χ0n) is 19.4. The van der Waals surface area contributed by atoms with Crippen molar-refractivity contribution in [3.05, 3.63) is 78.4 Å². The number of para-hydroxylation sites is 1. The molecule has 0 saturated carbocycles. The molecule has 0 aliphatic heterocycles. The highest BCUT2D eigenvalue weighted by atomic mass is 16.5. The van der Waals surface area contributed by atoms with Crippen molar-refractivity contribution in [3.8, 4) is 17.2 Å². The Hall–Kier alpha value is -4.80. The third kappa shape index (κ3) is 5.58. The number of hydrogen-bond donors (Lipinski definition) is 2. The van der Waals surface area contributed by atoms with Crippen LogP contribution in [0.1, 0.15) is 21.0 Å². The van der Waals surface area contributed by atoms with Crippen LogP contribution in [0.3, 0.4) is 0 Å². The Balaban J connectivity index is 1.38. The van der Waals surface area contributed by atoms with Crippen LogP contribution in [0.25, 0.3) is 0 Å². The summed E-state index contributed by atoms with van der Waals surface area (Å²) in [4.78, 5) is 25.0. The van der Waals surface area contributed by atoms with E-state index >= 15 is 0 Å². The molecule has 2 heterocycles. The minimum atomic E-state index is -0.410. The van der Waals surface area contributed by atoms with Gasteiger partial charge in [-0.1, -0.05) is 12.1 Å². The number of benzene rings is 2. The third-order valence-corrected chi connectivity index (χ3v) is 4.92. The summed E-state index contributed by atoms with van der Waals surface area (Å²) in [6.07, 6.45) is 3.31. The summed E-state index contributed by atoms with van der Waals surface area (Å²) in [5.74, 6) is 0.712. The highest BCUT2D eigenvalue weighted by Crippen LogP contribution is 2.36. The smallest absolute Gasteiger partial charge is 0.276 e. The highest BCUT2D eigenvalue weighted by molar-refractivity contribution is 6.05. The number of nitrogens with zero attached hydrogens (tertiary/aromatic N) is 4. The largest absolute Gasteiger partial charge is 0.493 e. The fourth-order valence-electron chi connectivity index (χ4n) is 3.25. The molecule has 11 nitrogen and oxygen atoms in total. The molecular formula is C24H24N6O5. The molecule has 11 heteroatoms. The number of aryl methyl sites for hydroxylation is 1. The van der Waals surface area contributed by atoms with Gasteiger partial charge in [0.15, 0.2) is 29.6 Å². The second kappa shape index (κ2) is 10.4. The van der Waals surface area contributed by atoms with Crippen molar-refractivity contribution in [1.29, 1.82) is 0 Å². The number of nitrogens with one attached hydrogen (secondary N) is 2. The van der Waals surface area contributed by atoms with Crippen LogP contribution in [0, 0.1) is 0 Å². The Morgan fingerprint density at radius 3 is 1.97 bits per heavy atom. The number of carbonyl (C=O) groups excluding carboxylic acids is 2. The summed E-state index contributed by atoms with van der Waals surface area (Å²) in [7, 11) is 4.81. The fourth-order valence-corrected chi connectivity index (χ4v) is 3.25. The number of amides is 2. The van der Waals surface area contributed by atoms with Gasteiger partial charge in [-0.05, 0) is 42.5 Å². The quantitative estimate of drug-likeness (QED) is 0.381. The molecule has 0 unspecified atom stereocenters. The first-order valence-electron chi connectivity index (χ1n) is 10.6. The summed E-state index contributed by atoms with van der Waals surface area (Å²) >= 11 is 0. The van der Waals surface area contributed by atoms with E-state index in [9.17, 15) is 9.59 Å². The zero-order valence-corrected chi connectivity index (χ0v) is 19.4. The molecular weight excluding hydrogens is 452 g/mol. The van der Waals surface area contributed by atoms with Gasteiger partial charge in [0.05, 0.1) is 14.2 Å². The summed E-state index contributed by atoms with van der Waals surface area (Å²) in [6, 6.07) is 15.3. The molecule has 0 aliphatic carbocycles. The molecule has 2 aromatic carbocycles. The van der Waals surface area contributed by atoms with E-state index < -0.39 is 5.91 Å². The normalized spacial score (nSPS) is 10.5. The van der Waals surface area contributed by atoms with Gasteiger partial charge in [-0.15, -0.1) is 0 Å². The molecule has 4 aromatic rings.